The molecule has 0 aliphatic heterocycles. The van der Waals surface area contributed by atoms with E-state index in [-0.39, 0.29) is 0 Å². The molecule has 0 aliphatic rings. The summed E-state index contributed by atoms with van der Waals surface area (Å²) in [6.45, 7) is 2.74. The number of carbonyl (C=O) groups excluding carboxylic acids is 2. The Labute approximate surface area is 158 Å². The molecule has 2 amide bonds. The highest BCUT2D eigenvalue weighted by Crippen LogP contribution is 2.27. The molecule has 27 heavy (non-hydrogen) atoms. The van der Waals surface area contributed by atoms with Crippen LogP contribution in [0.15, 0.2) is 53.6 Å². The molecular formula is C20H23N3O4. The predicted octanol–water partition coefficient (Wildman–Crippen LogP) is 1.90. The van der Waals surface area contributed by atoms with Gasteiger partial charge in [-0.25, -0.2) is 5.43 Å². The number of amides is 2. The van der Waals surface area contributed by atoms with Gasteiger partial charge in [0.2, 0.25) is 0 Å². The second-order valence-electron chi connectivity index (χ2n) is 5.53. The average molecular weight is 369 g/mol. The largest absolute Gasteiger partial charge is 0.493 e. The molecule has 0 spiro atoms. The molecule has 7 nitrogen and oxygen atoms in total. The van der Waals surface area contributed by atoms with E-state index in [2.05, 4.69) is 15.8 Å². The quantitative estimate of drug-likeness (QED) is 0.423. The second-order valence-corrected chi connectivity index (χ2v) is 5.53. The summed E-state index contributed by atoms with van der Waals surface area (Å²) in [6.07, 6.45) is 2.08. The Morgan fingerprint density at radius 1 is 1.07 bits per heavy atom. The third kappa shape index (κ3) is 6.47. The summed E-state index contributed by atoms with van der Waals surface area (Å²) >= 11 is 0. The van der Waals surface area contributed by atoms with Gasteiger partial charge in [0, 0.05) is 6.54 Å². The first kappa shape index (κ1) is 20.0. The highest BCUT2D eigenvalue weighted by molar-refractivity contribution is 6.35. The summed E-state index contributed by atoms with van der Waals surface area (Å²) in [6, 6.07) is 14.9. The number of hydrogen-bond donors (Lipinski definition) is 2. The molecule has 0 saturated heterocycles. The molecule has 0 bridgehead atoms. The zero-order valence-corrected chi connectivity index (χ0v) is 15.4. The maximum absolute atomic E-state index is 11.8. The van der Waals surface area contributed by atoms with Crippen LogP contribution < -0.4 is 20.2 Å². The van der Waals surface area contributed by atoms with Crippen molar-refractivity contribution < 1.29 is 19.1 Å². The number of hydrazone groups is 1. The zero-order valence-electron chi connectivity index (χ0n) is 15.4. The highest BCUT2D eigenvalue weighted by atomic mass is 16.5. The van der Waals surface area contributed by atoms with Gasteiger partial charge in [0.15, 0.2) is 11.5 Å². The Bertz CT molecular complexity index is 791. The van der Waals surface area contributed by atoms with Crippen molar-refractivity contribution in [1.29, 1.82) is 0 Å². The van der Waals surface area contributed by atoms with Crippen molar-refractivity contribution in [2.45, 2.75) is 13.3 Å². The van der Waals surface area contributed by atoms with Crippen molar-refractivity contribution in [2.24, 2.45) is 5.10 Å². The van der Waals surface area contributed by atoms with Crippen LogP contribution in [0.4, 0.5) is 0 Å². The van der Waals surface area contributed by atoms with Gasteiger partial charge in [-0.05, 0) is 42.7 Å². The van der Waals surface area contributed by atoms with Crippen LogP contribution in [-0.4, -0.2) is 38.3 Å². The first-order valence-electron chi connectivity index (χ1n) is 8.60. The minimum Gasteiger partial charge on any atom is -0.493 e. The number of ether oxygens (including phenoxy) is 2. The summed E-state index contributed by atoms with van der Waals surface area (Å²) in [7, 11) is 1.56. The highest BCUT2D eigenvalue weighted by Gasteiger charge is 2.11. The molecule has 0 unspecified atom stereocenters. The third-order valence-corrected chi connectivity index (χ3v) is 3.62. The second kappa shape index (κ2) is 10.6. The molecule has 0 fully saturated rings. The maximum atomic E-state index is 11.8. The molecule has 0 atom stereocenters. The van der Waals surface area contributed by atoms with Gasteiger partial charge in [0.05, 0.1) is 19.9 Å². The number of hydrogen-bond acceptors (Lipinski definition) is 5. The number of carbonyl (C=O) groups is 2. The number of nitrogens with one attached hydrogen (secondary N) is 2. The normalized spacial score (nSPS) is 10.4. The van der Waals surface area contributed by atoms with Crippen LogP contribution in [0.5, 0.6) is 11.5 Å². The molecule has 0 radical (unpaired) electrons. The van der Waals surface area contributed by atoms with Crippen LogP contribution in [0.25, 0.3) is 0 Å². The summed E-state index contributed by atoms with van der Waals surface area (Å²) in [4.78, 5) is 23.5. The lowest BCUT2D eigenvalue weighted by atomic mass is 10.1. The molecule has 2 aromatic carbocycles. The van der Waals surface area contributed by atoms with Crippen LogP contribution in [0, 0.1) is 0 Å². The third-order valence-electron chi connectivity index (χ3n) is 3.62. The molecule has 7 heteroatoms. The van der Waals surface area contributed by atoms with E-state index >= 15 is 0 Å². The Morgan fingerprint density at radius 2 is 1.85 bits per heavy atom. The van der Waals surface area contributed by atoms with Gasteiger partial charge < -0.3 is 14.8 Å². The number of benzene rings is 2. The van der Waals surface area contributed by atoms with Crippen molar-refractivity contribution in [2.75, 3.05) is 20.3 Å². The molecule has 2 rings (SSSR count). The fourth-order valence-corrected chi connectivity index (χ4v) is 2.30. The van der Waals surface area contributed by atoms with Gasteiger partial charge in [-0.3, -0.25) is 9.59 Å². The van der Waals surface area contributed by atoms with E-state index < -0.39 is 11.8 Å². The summed E-state index contributed by atoms with van der Waals surface area (Å²) in [5.41, 5.74) is 3.99. The first-order chi connectivity index (χ1) is 13.1. The van der Waals surface area contributed by atoms with Crippen LogP contribution >= 0.6 is 0 Å². The molecule has 2 aromatic rings. The smallest absolute Gasteiger partial charge is 0.329 e. The molecule has 0 aromatic heterocycles. The van der Waals surface area contributed by atoms with E-state index in [1.807, 2.05) is 37.3 Å². The van der Waals surface area contributed by atoms with Gasteiger partial charge in [0.1, 0.15) is 0 Å². The van der Waals surface area contributed by atoms with Crippen molar-refractivity contribution in [3.63, 3.8) is 0 Å². The van der Waals surface area contributed by atoms with Crippen molar-refractivity contribution in [3.05, 3.63) is 59.7 Å². The van der Waals surface area contributed by atoms with E-state index in [9.17, 15) is 9.59 Å². The van der Waals surface area contributed by atoms with Gasteiger partial charge in [0.25, 0.3) is 0 Å². The predicted molar refractivity (Wildman–Crippen MR) is 103 cm³/mol. The zero-order chi connectivity index (χ0) is 19.5. The minimum absolute atomic E-state index is 0.371. The summed E-state index contributed by atoms with van der Waals surface area (Å²) in [5, 5.41) is 6.36. The topological polar surface area (TPSA) is 89.0 Å². The average Bonchev–Trinajstić information content (AvgIpc) is 2.69. The Hall–Kier alpha value is -3.35. The number of rotatable bonds is 8. The van der Waals surface area contributed by atoms with Gasteiger partial charge >= 0.3 is 11.8 Å². The maximum Gasteiger partial charge on any atom is 0.329 e. The SMILES string of the molecule is CCOc1cc(/C=N\NC(=O)C(=O)NCCc2ccccc2)ccc1OC. The molecule has 0 aliphatic carbocycles. The van der Waals surface area contributed by atoms with E-state index in [1.165, 1.54) is 6.21 Å². The number of methoxy groups -OCH3 is 1. The van der Waals surface area contributed by atoms with Crippen LogP contribution in [0.3, 0.4) is 0 Å². The Balaban J connectivity index is 1.81. The summed E-state index contributed by atoms with van der Waals surface area (Å²) in [5.74, 6) is -0.365. The minimum atomic E-state index is -0.821. The van der Waals surface area contributed by atoms with E-state index in [0.717, 1.165) is 5.56 Å². The number of nitrogens with zero attached hydrogens (tertiary/aromatic N) is 1. The Morgan fingerprint density at radius 3 is 2.56 bits per heavy atom. The van der Waals surface area contributed by atoms with Gasteiger partial charge in [-0.15, -0.1) is 0 Å². The van der Waals surface area contributed by atoms with E-state index in [0.29, 0.717) is 36.6 Å². The van der Waals surface area contributed by atoms with Gasteiger partial charge in [-0.1, -0.05) is 30.3 Å². The molecular weight excluding hydrogens is 346 g/mol. The Kier molecular flexibility index (Phi) is 7.84. The lowest BCUT2D eigenvalue weighted by Crippen LogP contribution is -2.38. The van der Waals surface area contributed by atoms with Crippen molar-refractivity contribution in [3.8, 4) is 11.5 Å². The monoisotopic (exact) mass is 369 g/mol. The summed E-state index contributed by atoms with van der Waals surface area (Å²) < 4.78 is 10.7. The fraction of sp³-hybridized carbons (Fsp3) is 0.250. The van der Waals surface area contributed by atoms with Crippen LogP contribution in [0.1, 0.15) is 18.1 Å². The molecule has 0 heterocycles. The molecule has 0 saturated carbocycles. The first-order valence-corrected chi connectivity index (χ1v) is 8.60. The van der Waals surface area contributed by atoms with Crippen LogP contribution in [0.2, 0.25) is 0 Å². The van der Waals surface area contributed by atoms with E-state index in [4.69, 9.17) is 9.47 Å². The van der Waals surface area contributed by atoms with E-state index in [1.54, 1.807) is 25.3 Å². The molecule has 2 N–H and O–H groups in total. The molecule has 142 valence electrons. The lowest BCUT2D eigenvalue weighted by molar-refractivity contribution is -0.139. The van der Waals surface area contributed by atoms with Crippen molar-refractivity contribution >= 4 is 18.0 Å². The van der Waals surface area contributed by atoms with Crippen molar-refractivity contribution in [1.82, 2.24) is 10.7 Å². The lowest BCUT2D eigenvalue weighted by Gasteiger charge is -2.09. The van der Waals surface area contributed by atoms with Crippen LogP contribution in [-0.2, 0) is 16.0 Å². The fourth-order valence-electron chi connectivity index (χ4n) is 2.30. The standard InChI is InChI=1S/C20H23N3O4/c1-3-27-18-13-16(9-10-17(18)26-2)14-22-23-20(25)19(24)21-12-11-15-7-5-4-6-8-15/h4-10,13-14H,3,11-12H2,1-2H3,(H,21,24)(H,23,25)/b22-14-. The van der Waals surface area contributed by atoms with Gasteiger partial charge in [-0.2, -0.15) is 5.10 Å².